The number of hydrogen-bond donors (Lipinski definition) is 1. The number of amides is 2. The fourth-order valence-corrected chi connectivity index (χ4v) is 3.75. The zero-order valence-corrected chi connectivity index (χ0v) is 16.6. The van der Waals surface area contributed by atoms with E-state index in [1.54, 1.807) is 0 Å². The third kappa shape index (κ3) is 5.09. The lowest BCUT2D eigenvalue weighted by atomic mass is 10.1. The number of carbonyl (C=O) groups excluding carboxylic acids is 2. The summed E-state index contributed by atoms with van der Waals surface area (Å²) < 4.78 is 1.90. The second kappa shape index (κ2) is 9.03. The third-order valence-corrected chi connectivity index (χ3v) is 5.60. The van der Waals surface area contributed by atoms with E-state index in [-0.39, 0.29) is 11.8 Å². The van der Waals surface area contributed by atoms with E-state index < -0.39 is 0 Å². The molecule has 1 aromatic heterocycles. The Labute approximate surface area is 163 Å². The molecule has 1 N–H and O–H groups in total. The largest absolute Gasteiger partial charge is 0.355 e. The van der Waals surface area contributed by atoms with Crippen molar-refractivity contribution < 1.29 is 9.59 Å². The lowest BCUT2D eigenvalue weighted by Crippen LogP contribution is -2.31. The maximum absolute atomic E-state index is 12.0. The van der Waals surface area contributed by atoms with Gasteiger partial charge in [-0.25, -0.2) is 0 Å². The van der Waals surface area contributed by atoms with Gasteiger partial charge in [-0.2, -0.15) is 0 Å². The molecule has 27 heavy (non-hydrogen) atoms. The van der Waals surface area contributed by atoms with Crippen molar-refractivity contribution in [3.63, 3.8) is 0 Å². The summed E-state index contributed by atoms with van der Waals surface area (Å²) in [6.07, 6.45) is 2.39. The van der Waals surface area contributed by atoms with E-state index >= 15 is 0 Å². The molecule has 3 rings (SSSR count). The molecule has 1 fully saturated rings. The molecule has 1 aliphatic rings. The van der Waals surface area contributed by atoms with Crippen molar-refractivity contribution in [3.05, 3.63) is 29.8 Å². The summed E-state index contributed by atoms with van der Waals surface area (Å²) in [5.41, 5.74) is 2.20. The molecule has 0 saturated carbocycles. The van der Waals surface area contributed by atoms with Crippen LogP contribution in [-0.2, 0) is 16.6 Å². The molecule has 144 valence electrons. The van der Waals surface area contributed by atoms with Crippen LogP contribution >= 0.6 is 11.8 Å². The number of aromatic nitrogens is 3. The molecule has 1 aromatic carbocycles. The molecule has 0 atom stereocenters. The molecule has 0 aliphatic carbocycles. The molecule has 0 unspecified atom stereocenters. The van der Waals surface area contributed by atoms with Gasteiger partial charge in [0.15, 0.2) is 11.0 Å². The second-order valence-corrected chi connectivity index (χ2v) is 7.65. The van der Waals surface area contributed by atoms with Gasteiger partial charge < -0.3 is 14.8 Å². The first kappa shape index (κ1) is 19.4. The van der Waals surface area contributed by atoms with Gasteiger partial charge in [-0.05, 0) is 19.8 Å². The van der Waals surface area contributed by atoms with Gasteiger partial charge in [-0.15, -0.1) is 10.2 Å². The number of thioether (sulfide) groups is 1. The standard InChI is InChI=1S/C19H25N5O2S/c1-14-6-8-15(9-7-14)18-21-22-19(23(18)2)27-13-16(25)20-10-4-12-24-11-3-5-17(24)26/h6-9H,3-5,10-13H2,1-2H3,(H,20,25). The quantitative estimate of drug-likeness (QED) is 0.554. The second-order valence-electron chi connectivity index (χ2n) is 6.71. The minimum Gasteiger partial charge on any atom is -0.355 e. The zero-order valence-electron chi connectivity index (χ0n) is 15.8. The predicted octanol–water partition coefficient (Wildman–Crippen LogP) is 2.01. The normalized spacial score (nSPS) is 14.0. The molecule has 0 bridgehead atoms. The molecule has 2 heterocycles. The van der Waals surface area contributed by atoms with Crippen molar-refractivity contribution in [2.45, 2.75) is 31.3 Å². The molecule has 1 aliphatic heterocycles. The topological polar surface area (TPSA) is 80.1 Å². The van der Waals surface area contributed by atoms with Gasteiger partial charge in [0.1, 0.15) is 0 Å². The lowest BCUT2D eigenvalue weighted by Gasteiger charge is -2.15. The molecule has 1 saturated heterocycles. The number of nitrogens with one attached hydrogen (secondary N) is 1. The fourth-order valence-electron chi connectivity index (χ4n) is 3.01. The Morgan fingerprint density at radius 1 is 1.26 bits per heavy atom. The van der Waals surface area contributed by atoms with Crippen LogP contribution in [-0.4, -0.2) is 56.9 Å². The summed E-state index contributed by atoms with van der Waals surface area (Å²) in [5.74, 6) is 1.27. The lowest BCUT2D eigenvalue weighted by molar-refractivity contribution is -0.127. The molecule has 8 heteroatoms. The number of likely N-dealkylation sites (tertiary alicyclic amines) is 1. The number of benzene rings is 1. The highest BCUT2D eigenvalue weighted by Crippen LogP contribution is 2.22. The number of rotatable bonds is 8. The van der Waals surface area contributed by atoms with Crippen molar-refractivity contribution in [2.75, 3.05) is 25.4 Å². The predicted molar refractivity (Wildman–Crippen MR) is 105 cm³/mol. The SMILES string of the molecule is Cc1ccc(-c2nnc(SCC(=O)NCCCN3CCCC3=O)n2C)cc1. The van der Waals surface area contributed by atoms with Gasteiger partial charge in [0.25, 0.3) is 0 Å². The summed E-state index contributed by atoms with van der Waals surface area (Å²) in [7, 11) is 1.91. The number of hydrogen-bond acceptors (Lipinski definition) is 5. The van der Waals surface area contributed by atoms with Crippen LogP contribution < -0.4 is 5.32 Å². The van der Waals surface area contributed by atoms with Crippen LogP contribution in [0.1, 0.15) is 24.8 Å². The molecular formula is C19H25N5O2S. The number of carbonyl (C=O) groups is 2. The van der Waals surface area contributed by atoms with Crippen molar-refractivity contribution in [1.29, 1.82) is 0 Å². The van der Waals surface area contributed by atoms with Crippen LogP contribution in [0.3, 0.4) is 0 Å². The van der Waals surface area contributed by atoms with Gasteiger partial charge in [0.05, 0.1) is 5.75 Å². The van der Waals surface area contributed by atoms with E-state index in [4.69, 9.17) is 0 Å². The molecular weight excluding hydrogens is 362 g/mol. The molecule has 0 spiro atoms. The Hall–Kier alpha value is -2.35. The van der Waals surface area contributed by atoms with E-state index in [0.29, 0.717) is 23.9 Å². The maximum atomic E-state index is 12.0. The summed E-state index contributed by atoms with van der Waals surface area (Å²) in [4.78, 5) is 25.4. The molecule has 2 amide bonds. The molecule has 2 aromatic rings. The average molecular weight is 388 g/mol. The van der Waals surface area contributed by atoms with Gasteiger partial charge in [0.2, 0.25) is 11.8 Å². The minimum atomic E-state index is -0.0346. The van der Waals surface area contributed by atoms with Crippen LogP contribution in [0, 0.1) is 6.92 Å². The number of aryl methyl sites for hydroxylation is 1. The summed E-state index contributed by atoms with van der Waals surface area (Å²) in [6, 6.07) is 8.12. The Morgan fingerprint density at radius 2 is 2.04 bits per heavy atom. The first-order valence-electron chi connectivity index (χ1n) is 9.18. The van der Waals surface area contributed by atoms with Gasteiger partial charge in [0, 0.05) is 38.7 Å². The Balaban J connectivity index is 1.42. The van der Waals surface area contributed by atoms with E-state index in [2.05, 4.69) is 15.5 Å². The van der Waals surface area contributed by atoms with Gasteiger partial charge in [-0.1, -0.05) is 41.6 Å². The van der Waals surface area contributed by atoms with Crippen LogP contribution in [0.2, 0.25) is 0 Å². The molecule has 0 radical (unpaired) electrons. The monoisotopic (exact) mass is 387 g/mol. The highest BCUT2D eigenvalue weighted by atomic mass is 32.2. The number of nitrogens with zero attached hydrogens (tertiary/aromatic N) is 4. The average Bonchev–Trinajstić information content (AvgIpc) is 3.23. The van der Waals surface area contributed by atoms with Crippen LogP contribution in [0.15, 0.2) is 29.4 Å². The highest BCUT2D eigenvalue weighted by Gasteiger charge is 2.19. The van der Waals surface area contributed by atoms with Crippen molar-refractivity contribution >= 4 is 23.6 Å². The van der Waals surface area contributed by atoms with Crippen molar-refractivity contribution in [1.82, 2.24) is 25.0 Å². The van der Waals surface area contributed by atoms with Crippen molar-refractivity contribution in [3.8, 4) is 11.4 Å². The minimum absolute atomic E-state index is 0.0346. The first-order chi connectivity index (χ1) is 13.0. The third-order valence-electron chi connectivity index (χ3n) is 4.58. The first-order valence-corrected chi connectivity index (χ1v) is 10.2. The van der Waals surface area contributed by atoms with E-state index in [1.807, 2.05) is 47.7 Å². The van der Waals surface area contributed by atoms with E-state index in [9.17, 15) is 9.59 Å². The van der Waals surface area contributed by atoms with Crippen LogP contribution in [0.25, 0.3) is 11.4 Å². The smallest absolute Gasteiger partial charge is 0.230 e. The van der Waals surface area contributed by atoms with E-state index in [0.717, 1.165) is 37.3 Å². The highest BCUT2D eigenvalue weighted by molar-refractivity contribution is 7.99. The Kier molecular flexibility index (Phi) is 6.49. The Bertz CT molecular complexity index is 803. The van der Waals surface area contributed by atoms with Gasteiger partial charge >= 0.3 is 0 Å². The summed E-state index contributed by atoms with van der Waals surface area (Å²) in [6.45, 7) is 4.19. The van der Waals surface area contributed by atoms with Crippen molar-refractivity contribution in [2.24, 2.45) is 7.05 Å². The summed E-state index contributed by atoms with van der Waals surface area (Å²) in [5, 5.41) is 12.1. The molecule has 7 nitrogen and oxygen atoms in total. The maximum Gasteiger partial charge on any atom is 0.230 e. The van der Waals surface area contributed by atoms with Gasteiger partial charge in [-0.3, -0.25) is 9.59 Å². The fraction of sp³-hybridized carbons (Fsp3) is 0.474. The van der Waals surface area contributed by atoms with Crippen LogP contribution in [0.4, 0.5) is 0 Å². The summed E-state index contributed by atoms with van der Waals surface area (Å²) >= 11 is 1.37. The van der Waals surface area contributed by atoms with Crippen LogP contribution in [0.5, 0.6) is 0 Å². The van der Waals surface area contributed by atoms with E-state index in [1.165, 1.54) is 17.3 Å². The Morgan fingerprint density at radius 3 is 2.74 bits per heavy atom. The zero-order chi connectivity index (χ0) is 19.2.